The molecule has 2 N–H and O–H groups in total. The zero-order chi connectivity index (χ0) is 15.7. The van der Waals surface area contributed by atoms with E-state index in [2.05, 4.69) is 9.97 Å². The van der Waals surface area contributed by atoms with Gasteiger partial charge < -0.3 is 15.0 Å². The van der Waals surface area contributed by atoms with Crippen LogP contribution in [0.3, 0.4) is 0 Å². The standard InChI is InChI=1S/C17H21N3O3/c21-14-9-4-10-7-20(13(14)11(10)5-9)17(23)12-6-18-15(19-16(12)22)8-2-1-3-8/h6,8-11,13-14,21H,1-5,7H2,(H,18,19,22). The number of carbonyl (C=O) groups excluding carboxylic acids is 1. The maximum atomic E-state index is 12.8. The number of H-pyrrole nitrogens is 1. The molecule has 3 saturated carbocycles. The fraction of sp³-hybridized carbons (Fsp3) is 0.706. The number of likely N-dealkylation sites (tertiary alicyclic amines) is 1. The Hall–Kier alpha value is -1.69. The highest BCUT2D eigenvalue weighted by Crippen LogP contribution is 2.55. The summed E-state index contributed by atoms with van der Waals surface area (Å²) in [5, 5.41) is 10.4. The Kier molecular flexibility index (Phi) is 2.78. The van der Waals surface area contributed by atoms with Crippen molar-refractivity contribution in [2.24, 2.45) is 17.8 Å². The molecule has 6 nitrogen and oxygen atoms in total. The van der Waals surface area contributed by atoms with Crippen molar-refractivity contribution in [3.05, 3.63) is 27.9 Å². The summed E-state index contributed by atoms with van der Waals surface area (Å²) in [6.45, 7) is 0.672. The molecule has 122 valence electrons. The average molecular weight is 315 g/mol. The minimum atomic E-state index is -0.427. The van der Waals surface area contributed by atoms with Crippen LogP contribution in [0.25, 0.3) is 0 Å². The lowest BCUT2D eigenvalue weighted by molar-refractivity contribution is 0.0400. The maximum absolute atomic E-state index is 12.8. The van der Waals surface area contributed by atoms with Gasteiger partial charge in [-0.15, -0.1) is 0 Å². The highest BCUT2D eigenvalue weighted by atomic mass is 16.3. The molecule has 0 spiro atoms. The van der Waals surface area contributed by atoms with Crippen LogP contribution in [-0.4, -0.2) is 44.6 Å². The van der Waals surface area contributed by atoms with Crippen LogP contribution >= 0.6 is 0 Å². The third-order valence-corrected chi connectivity index (χ3v) is 6.65. The second kappa shape index (κ2) is 4.66. The van der Waals surface area contributed by atoms with Crippen molar-refractivity contribution in [3.8, 4) is 0 Å². The van der Waals surface area contributed by atoms with E-state index in [1.165, 1.54) is 12.6 Å². The second-order valence-electron chi connectivity index (χ2n) is 7.73. The number of amides is 1. The Balaban J connectivity index is 1.44. The van der Waals surface area contributed by atoms with Crippen molar-refractivity contribution in [3.63, 3.8) is 0 Å². The van der Waals surface area contributed by atoms with Gasteiger partial charge in [0.05, 0.1) is 12.1 Å². The number of nitrogens with zero attached hydrogens (tertiary/aromatic N) is 2. The van der Waals surface area contributed by atoms with E-state index in [1.807, 2.05) is 0 Å². The molecule has 2 heterocycles. The number of aliphatic hydroxyl groups is 1. The Morgan fingerprint density at radius 3 is 2.78 bits per heavy atom. The lowest BCUT2D eigenvalue weighted by Gasteiger charge is -2.29. The smallest absolute Gasteiger partial charge is 0.263 e. The number of aromatic nitrogens is 2. The molecule has 1 aromatic heterocycles. The van der Waals surface area contributed by atoms with Crippen LogP contribution in [0.1, 0.15) is 54.2 Å². The second-order valence-corrected chi connectivity index (χ2v) is 7.73. The van der Waals surface area contributed by atoms with Gasteiger partial charge in [-0.25, -0.2) is 4.98 Å². The predicted molar refractivity (Wildman–Crippen MR) is 82.0 cm³/mol. The molecule has 1 aliphatic heterocycles. The monoisotopic (exact) mass is 315 g/mol. The average Bonchev–Trinajstić information content (AvgIpc) is 3.06. The SMILES string of the molecule is O=C(c1cnc(C2CCC2)[nH]c1=O)N1CC2CC3CC2C1C3O. The predicted octanol–water partition coefficient (Wildman–Crippen LogP) is 0.879. The van der Waals surface area contributed by atoms with Crippen LogP contribution in [0.4, 0.5) is 0 Å². The van der Waals surface area contributed by atoms with Crippen LogP contribution in [0.5, 0.6) is 0 Å². The van der Waals surface area contributed by atoms with Crippen molar-refractivity contribution >= 4 is 5.91 Å². The van der Waals surface area contributed by atoms with Gasteiger partial charge in [0.15, 0.2) is 0 Å². The van der Waals surface area contributed by atoms with Crippen LogP contribution < -0.4 is 5.56 Å². The topological polar surface area (TPSA) is 86.3 Å². The number of rotatable bonds is 2. The number of fused-ring (bicyclic) bond motifs is 1. The molecule has 4 aliphatic rings. The molecule has 1 aromatic rings. The van der Waals surface area contributed by atoms with Crippen molar-refractivity contribution < 1.29 is 9.90 Å². The summed E-state index contributed by atoms with van der Waals surface area (Å²) in [6.07, 6.45) is 6.34. The van der Waals surface area contributed by atoms with E-state index < -0.39 is 6.10 Å². The quantitative estimate of drug-likeness (QED) is 0.848. The zero-order valence-electron chi connectivity index (χ0n) is 12.9. The van der Waals surface area contributed by atoms with E-state index in [0.29, 0.717) is 36.0 Å². The third-order valence-electron chi connectivity index (χ3n) is 6.65. The number of hydrogen-bond acceptors (Lipinski definition) is 4. The molecule has 5 rings (SSSR count). The molecule has 6 heteroatoms. The lowest BCUT2D eigenvalue weighted by atomic mass is 9.85. The molecule has 4 fully saturated rings. The summed E-state index contributed by atoms with van der Waals surface area (Å²) in [6, 6.07) is -0.100. The van der Waals surface area contributed by atoms with Gasteiger partial charge in [0.2, 0.25) is 0 Å². The molecular formula is C17H21N3O3. The van der Waals surface area contributed by atoms with E-state index in [9.17, 15) is 14.7 Å². The van der Waals surface area contributed by atoms with Gasteiger partial charge in [0.1, 0.15) is 11.4 Å². The van der Waals surface area contributed by atoms with Crippen LogP contribution in [0.15, 0.2) is 11.0 Å². The summed E-state index contributed by atoms with van der Waals surface area (Å²) in [4.78, 5) is 34.0. The molecule has 2 bridgehead atoms. The van der Waals surface area contributed by atoms with E-state index in [1.54, 1.807) is 4.90 Å². The minimum absolute atomic E-state index is 0.100. The van der Waals surface area contributed by atoms with Gasteiger partial charge in [-0.2, -0.15) is 0 Å². The highest BCUT2D eigenvalue weighted by molar-refractivity contribution is 5.94. The number of aliphatic hydroxyl groups excluding tert-OH is 1. The van der Waals surface area contributed by atoms with Crippen LogP contribution in [0, 0.1) is 17.8 Å². The Bertz CT molecular complexity index is 724. The first-order valence-corrected chi connectivity index (χ1v) is 8.71. The summed E-state index contributed by atoms with van der Waals surface area (Å²) in [5.74, 6) is 2.04. The molecule has 5 atom stereocenters. The van der Waals surface area contributed by atoms with E-state index in [0.717, 1.165) is 25.7 Å². The van der Waals surface area contributed by atoms with Crippen LogP contribution in [0.2, 0.25) is 0 Å². The van der Waals surface area contributed by atoms with Gasteiger partial charge in [0.25, 0.3) is 11.5 Å². The molecule has 1 saturated heterocycles. The fourth-order valence-corrected chi connectivity index (χ4v) is 5.25. The molecule has 23 heavy (non-hydrogen) atoms. The summed E-state index contributed by atoms with van der Waals surface area (Å²) >= 11 is 0. The normalized spacial score (nSPS) is 38.1. The summed E-state index contributed by atoms with van der Waals surface area (Å²) in [7, 11) is 0. The molecule has 0 aromatic carbocycles. The summed E-state index contributed by atoms with van der Waals surface area (Å²) in [5.41, 5.74) is -0.222. The lowest BCUT2D eigenvalue weighted by Crippen LogP contribution is -2.45. The molecular weight excluding hydrogens is 294 g/mol. The summed E-state index contributed by atoms with van der Waals surface area (Å²) < 4.78 is 0. The third kappa shape index (κ3) is 1.81. The van der Waals surface area contributed by atoms with Gasteiger partial charge in [-0.05, 0) is 43.4 Å². The Labute approximate surface area is 133 Å². The number of aromatic amines is 1. The first-order chi connectivity index (χ1) is 11.1. The van der Waals surface area contributed by atoms with Crippen molar-refractivity contribution in [1.29, 1.82) is 0 Å². The van der Waals surface area contributed by atoms with Gasteiger partial charge in [0, 0.05) is 18.7 Å². The number of carbonyl (C=O) groups is 1. The Morgan fingerprint density at radius 1 is 1.30 bits per heavy atom. The molecule has 1 amide bonds. The Morgan fingerprint density at radius 2 is 2.13 bits per heavy atom. The molecule has 0 radical (unpaired) electrons. The highest BCUT2D eigenvalue weighted by Gasteiger charge is 2.60. The van der Waals surface area contributed by atoms with Gasteiger partial charge >= 0.3 is 0 Å². The molecule has 3 aliphatic carbocycles. The van der Waals surface area contributed by atoms with E-state index in [4.69, 9.17) is 0 Å². The largest absolute Gasteiger partial charge is 0.391 e. The van der Waals surface area contributed by atoms with Gasteiger partial charge in [-0.1, -0.05) is 6.42 Å². The number of hydrogen-bond donors (Lipinski definition) is 2. The van der Waals surface area contributed by atoms with Gasteiger partial charge in [-0.3, -0.25) is 9.59 Å². The van der Waals surface area contributed by atoms with Crippen LogP contribution in [-0.2, 0) is 0 Å². The van der Waals surface area contributed by atoms with Crippen molar-refractivity contribution in [2.75, 3.05) is 6.54 Å². The zero-order valence-corrected chi connectivity index (χ0v) is 12.9. The maximum Gasteiger partial charge on any atom is 0.263 e. The fourth-order valence-electron chi connectivity index (χ4n) is 5.25. The van der Waals surface area contributed by atoms with Crippen molar-refractivity contribution in [2.45, 2.75) is 50.2 Å². The van der Waals surface area contributed by atoms with E-state index in [-0.39, 0.29) is 23.1 Å². The van der Waals surface area contributed by atoms with Crippen molar-refractivity contribution in [1.82, 2.24) is 14.9 Å². The number of nitrogens with one attached hydrogen (secondary N) is 1. The first kappa shape index (κ1) is 13.7. The van der Waals surface area contributed by atoms with E-state index >= 15 is 0 Å². The first-order valence-electron chi connectivity index (χ1n) is 8.71. The molecule has 5 unspecified atom stereocenters. The minimum Gasteiger partial charge on any atom is -0.391 e.